The van der Waals surface area contributed by atoms with Crippen molar-refractivity contribution in [1.82, 2.24) is 10.6 Å². The number of urea groups is 1. The van der Waals surface area contributed by atoms with Crippen LogP contribution in [0.3, 0.4) is 0 Å². The van der Waals surface area contributed by atoms with Crippen molar-refractivity contribution in [2.75, 3.05) is 7.11 Å². The van der Waals surface area contributed by atoms with Crippen molar-refractivity contribution >= 4 is 12.0 Å². The Morgan fingerprint density at radius 2 is 1.92 bits per heavy atom. The molecular formula is C20H26N2O4. The molecule has 2 atom stereocenters. The fraction of sp³-hybridized carbons (Fsp3) is 0.500. The monoisotopic (exact) mass is 358 g/mol. The van der Waals surface area contributed by atoms with Crippen molar-refractivity contribution < 1.29 is 19.1 Å². The molecule has 2 N–H and O–H groups in total. The Morgan fingerprint density at radius 1 is 1.19 bits per heavy atom. The molecular weight excluding hydrogens is 332 g/mol. The molecule has 6 heteroatoms. The minimum absolute atomic E-state index is 0.0543. The van der Waals surface area contributed by atoms with Crippen molar-refractivity contribution in [3.05, 3.63) is 42.1 Å². The topological polar surface area (TPSA) is 76.7 Å². The summed E-state index contributed by atoms with van der Waals surface area (Å²) in [4.78, 5) is 24.9. The summed E-state index contributed by atoms with van der Waals surface area (Å²) in [7, 11) is 1.58. The molecule has 140 valence electrons. The van der Waals surface area contributed by atoms with Crippen LogP contribution in [0.15, 0.2) is 36.5 Å². The second-order valence-electron chi connectivity index (χ2n) is 6.91. The van der Waals surface area contributed by atoms with E-state index >= 15 is 0 Å². The van der Waals surface area contributed by atoms with Crippen LogP contribution in [0.1, 0.15) is 50.1 Å². The Kier molecular flexibility index (Phi) is 5.81. The van der Waals surface area contributed by atoms with Crippen LogP contribution >= 0.6 is 0 Å². The Bertz CT molecular complexity index is 680. The lowest BCUT2D eigenvalue weighted by atomic mass is 9.89. The van der Waals surface area contributed by atoms with Crippen LogP contribution in [0.4, 0.5) is 4.79 Å². The van der Waals surface area contributed by atoms with E-state index in [4.69, 9.17) is 9.47 Å². The summed E-state index contributed by atoms with van der Waals surface area (Å²) in [5.74, 6) is -0.359. The zero-order valence-electron chi connectivity index (χ0n) is 15.1. The maximum Gasteiger partial charge on any atom is 0.319 e. The number of benzene rings is 1. The summed E-state index contributed by atoms with van der Waals surface area (Å²) in [6.45, 7) is 3.89. The van der Waals surface area contributed by atoms with E-state index in [1.165, 1.54) is 12.8 Å². The maximum atomic E-state index is 12.9. The van der Waals surface area contributed by atoms with Gasteiger partial charge in [-0.1, -0.05) is 31.6 Å². The van der Waals surface area contributed by atoms with E-state index in [1.54, 1.807) is 7.11 Å². The van der Waals surface area contributed by atoms with Crippen LogP contribution < -0.4 is 15.4 Å². The van der Waals surface area contributed by atoms with Gasteiger partial charge in [-0.15, -0.1) is 0 Å². The number of rotatable bonds is 4. The molecule has 0 spiro atoms. The fourth-order valence-electron chi connectivity index (χ4n) is 3.67. The smallest absolute Gasteiger partial charge is 0.319 e. The van der Waals surface area contributed by atoms with Crippen molar-refractivity contribution in [3.8, 4) is 5.75 Å². The van der Waals surface area contributed by atoms with E-state index in [-0.39, 0.29) is 18.1 Å². The van der Waals surface area contributed by atoms with Crippen LogP contribution in [0.5, 0.6) is 5.75 Å². The van der Waals surface area contributed by atoms with E-state index in [0.717, 1.165) is 31.2 Å². The van der Waals surface area contributed by atoms with Gasteiger partial charge in [0.1, 0.15) is 17.8 Å². The van der Waals surface area contributed by atoms with Crippen molar-refractivity contribution in [2.24, 2.45) is 5.92 Å². The molecule has 1 aliphatic heterocycles. The molecule has 1 aromatic rings. The van der Waals surface area contributed by atoms with Gasteiger partial charge in [0.2, 0.25) is 0 Å². The molecule has 2 unspecified atom stereocenters. The number of esters is 1. The number of ether oxygens (including phenoxy) is 2. The first-order valence-electron chi connectivity index (χ1n) is 9.19. The lowest BCUT2D eigenvalue weighted by Crippen LogP contribution is -2.51. The third kappa shape index (κ3) is 4.18. The van der Waals surface area contributed by atoms with Crippen LogP contribution in [-0.4, -0.2) is 25.2 Å². The predicted molar refractivity (Wildman–Crippen MR) is 97.6 cm³/mol. The predicted octanol–water partition coefficient (Wildman–Crippen LogP) is 3.45. The Morgan fingerprint density at radius 3 is 2.62 bits per heavy atom. The number of carbonyl (C=O) groups is 2. The summed E-state index contributed by atoms with van der Waals surface area (Å²) in [5, 5.41) is 5.44. The minimum Gasteiger partial charge on any atom is -0.497 e. The van der Waals surface area contributed by atoms with Gasteiger partial charge in [0.25, 0.3) is 0 Å². The van der Waals surface area contributed by atoms with Crippen molar-refractivity contribution in [1.29, 1.82) is 0 Å². The summed E-state index contributed by atoms with van der Waals surface area (Å²) < 4.78 is 11.1. The molecule has 3 rings (SSSR count). The van der Waals surface area contributed by atoms with Gasteiger partial charge in [-0.25, -0.2) is 4.79 Å². The number of nitrogens with one attached hydrogen (secondary N) is 2. The van der Waals surface area contributed by atoms with E-state index in [1.807, 2.05) is 24.3 Å². The maximum absolute atomic E-state index is 12.9. The average Bonchev–Trinajstić information content (AvgIpc) is 2.89. The molecule has 1 aromatic carbocycles. The van der Waals surface area contributed by atoms with Gasteiger partial charge < -0.3 is 20.1 Å². The Balaban J connectivity index is 1.81. The second-order valence-corrected chi connectivity index (χ2v) is 6.91. The highest BCUT2D eigenvalue weighted by Gasteiger charge is 2.39. The number of hydrogen-bond acceptors (Lipinski definition) is 4. The third-order valence-electron chi connectivity index (χ3n) is 5.06. The Labute approximate surface area is 153 Å². The number of hydrogen-bond donors (Lipinski definition) is 2. The zero-order valence-corrected chi connectivity index (χ0v) is 15.1. The number of amides is 2. The van der Waals surface area contributed by atoms with Gasteiger partial charge in [0.15, 0.2) is 0 Å². The first-order valence-corrected chi connectivity index (χ1v) is 9.19. The SMILES string of the molecule is C=C1NC(=O)NC(c2cccc(OC)c2)C1C(=O)OC1CCCCCC1. The normalized spacial score (nSPS) is 24.2. The highest BCUT2D eigenvalue weighted by molar-refractivity contribution is 5.85. The molecule has 26 heavy (non-hydrogen) atoms. The highest BCUT2D eigenvalue weighted by atomic mass is 16.5. The fourth-order valence-corrected chi connectivity index (χ4v) is 3.67. The molecule has 1 aliphatic carbocycles. The van der Waals surface area contributed by atoms with Gasteiger partial charge in [-0.2, -0.15) is 0 Å². The first kappa shape index (κ1) is 18.3. The van der Waals surface area contributed by atoms with E-state index in [9.17, 15) is 9.59 Å². The first-order chi connectivity index (χ1) is 12.6. The van der Waals surface area contributed by atoms with Crippen molar-refractivity contribution in [2.45, 2.75) is 50.7 Å². The molecule has 1 heterocycles. The van der Waals surface area contributed by atoms with Crippen LogP contribution in [0.25, 0.3) is 0 Å². The Hall–Kier alpha value is -2.50. The highest BCUT2D eigenvalue weighted by Crippen LogP contribution is 2.33. The van der Waals surface area contributed by atoms with Gasteiger partial charge >= 0.3 is 12.0 Å². The molecule has 0 aromatic heterocycles. The van der Waals surface area contributed by atoms with E-state index in [0.29, 0.717) is 11.4 Å². The van der Waals surface area contributed by atoms with E-state index in [2.05, 4.69) is 17.2 Å². The molecule has 2 amide bonds. The molecule has 0 bridgehead atoms. The van der Waals surface area contributed by atoms with Gasteiger partial charge in [0.05, 0.1) is 13.2 Å². The standard InChI is InChI=1S/C20H26N2O4/c1-13-17(19(23)26-15-9-5-3-4-6-10-15)18(22-20(24)21-13)14-8-7-11-16(12-14)25-2/h7-8,11-12,15,17-18H,1,3-6,9-10H2,2H3,(H2,21,22,24). The van der Waals surface area contributed by atoms with Crippen LogP contribution in [0, 0.1) is 5.92 Å². The minimum atomic E-state index is -0.678. The molecule has 2 fully saturated rings. The largest absolute Gasteiger partial charge is 0.497 e. The third-order valence-corrected chi connectivity index (χ3v) is 5.06. The van der Waals surface area contributed by atoms with Gasteiger partial charge in [-0.05, 0) is 43.4 Å². The summed E-state index contributed by atoms with van der Waals surface area (Å²) in [5.41, 5.74) is 1.14. The average molecular weight is 358 g/mol. The second kappa shape index (κ2) is 8.25. The zero-order chi connectivity index (χ0) is 18.5. The molecule has 1 saturated carbocycles. The molecule has 1 saturated heterocycles. The summed E-state index contributed by atoms with van der Waals surface area (Å²) >= 11 is 0. The van der Waals surface area contributed by atoms with Crippen molar-refractivity contribution in [3.63, 3.8) is 0 Å². The van der Waals surface area contributed by atoms with Crippen LogP contribution in [0.2, 0.25) is 0 Å². The van der Waals surface area contributed by atoms with Gasteiger partial charge in [0, 0.05) is 5.70 Å². The van der Waals surface area contributed by atoms with Crippen LogP contribution in [-0.2, 0) is 9.53 Å². The molecule has 6 nitrogen and oxygen atoms in total. The summed E-state index contributed by atoms with van der Waals surface area (Å²) in [6, 6.07) is 6.41. The molecule has 0 radical (unpaired) electrons. The van der Waals surface area contributed by atoms with Gasteiger partial charge in [-0.3, -0.25) is 4.79 Å². The lowest BCUT2D eigenvalue weighted by Gasteiger charge is -2.34. The quantitative estimate of drug-likeness (QED) is 0.638. The number of methoxy groups -OCH3 is 1. The molecule has 2 aliphatic rings. The number of carbonyl (C=O) groups excluding carboxylic acids is 2. The lowest BCUT2D eigenvalue weighted by molar-refractivity contribution is -0.154. The van der Waals surface area contributed by atoms with E-state index < -0.39 is 12.0 Å². The summed E-state index contributed by atoms with van der Waals surface area (Å²) in [6.07, 6.45) is 6.28.